The van der Waals surface area contributed by atoms with Gasteiger partial charge in [-0.25, -0.2) is 4.39 Å². The van der Waals surface area contributed by atoms with Crippen molar-refractivity contribution in [1.29, 1.82) is 0 Å². The number of halogens is 1. The Hall–Kier alpha value is -2.85. The lowest BCUT2D eigenvalue weighted by atomic mass is 9.79. The Bertz CT molecular complexity index is 818. The molecule has 0 fully saturated rings. The number of rotatable bonds is 5. The van der Waals surface area contributed by atoms with Crippen molar-refractivity contribution in [2.75, 3.05) is 13.1 Å². The van der Waals surface area contributed by atoms with Crippen LogP contribution in [0, 0.1) is 0 Å². The van der Waals surface area contributed by atoms with Crippen LogP contribution in [0.15, 0.2) is 91.5 Å². The highest BCUT2D eigenvalue weighted by molar-refractivity contribution is 5.40. The van der Waals surface area contributed by atoms with Gasteiger partial charge in [-0.3, -0.25) is 14.9 Å². The third-order valence-electron chi connectivity index (χ3n) is 4.87. The van der Waals surface area contributed by atoms with E-state index in [1.54, 1.807) is 49.1 Å². The van der Waals surface area contributed by atoms with Crippen molar-refractivity contribution in [3.8, 4) is 0 Å². The van der Waals surface area contributed by atoms with Gasteiger partial charge in [-0.05, 0) is 17.7 Å². The highest BCUT2D eigenvalue weighted by atomic mass is 19.1. The summed E-state index contributed by atoms with van der Waals surface area (Å²) in [7, 11) is 0. The van der Waals surface area contributed by atoms with Gasteiger partial charge in [0, 0.05) is 49.0 Å². The lowest BCUT2D eigenvalue weighted by molar-refractivity contribution is 0.0679. The average Bonchev–Trinajstić information content (AvgIpc) is 3.24. The van der Waals surface area contributed by atoms with Crippen LogP contribution in [0.5, 0.6) is 0 Å². The van der Waals surface area contributed by atoms with E-state index in [2.05, 4.69) is 27.0 Å². The van der Waals surface area contributed by atoms with Crippen LogP contribution in [-0.2, 0) is 5.67 Å². The third-order valence-corrected chi connectivity index (χ3v) is 4.87. The van der Waals surface area contributed by atoms with Gasteiger partial charge in [0.1, 0.15) is 0 Å². The van der Waals surface area contributed by atoms with Gasteiger partial charge >= 0.3 is 0 Å². The fourth-order valence-electron chi connectivity index (χ4n) is 3.67. The van der Waals surface area contributed by atoms with Gasteiger partial charge in [-0.15, -0.1) is 0 Å². The largest absolute Gasteiger partial charge is 0.285 e. The summed E-state index contributed by atoms with van der Waals surface area (Å²) in [5.41, 5.74) is 0.240. The lowest BCUT2D eigenvalue weighted by Gasteiger charge is -2.40. The van der Waals surface area contributed by atoms with Crippen LogP contribution in [0.1, 0.15) is 22.7 Å². The van der Waals surface area contributed by atoms with Crippen molar-refractivity contribution >= 4 is 0 Å². The van der Waals surface area contributed by atoms with E-state index in [0.29, 0.717) is 24.2 Å². The minimum absolute atomic E-state index is 0.480. The fourth-order valence-corrected chi connectivity index (χ4v) is 3.67. The molecule has 0 aliphatic carbocycles. The first kappa shape index (κ1) is 16.6. The zero-order chi connectivity index (χ0) is 17.8. The Kier molecular flexibility index (Phi) is 4.59. The molecule has 0 N–H and O–H groups in total. The van der Waals surface area contributed by atoms with E-state index in [-0.39, 0.29) is 0 Å². The summed E-state index contributed by atoms with van der Waals surface area (Å²) in [4.78, 5) is 10.5. The first-order valence-electron chi connectivity index (χ1n) is 8.74. The molecule has 0 radical (unpaired) electrons. The monoisotopic (exact) mass is 345 g/mol. The molecule has 2 aromatic heterocycles. The van der Waals surface area contributed by atoms with Crippen LogP contribution in [0.4, 0.5) is 4.39 Å². The molecular weight excluding hydrogens is 325 g/mol. The molecule has 0 amide bonds. The van der Waals surface area contributed by atoms with Crippen LogP contribution in [-0.4, -0.2) is 28.0 Å². The molecule has 130 valence electrons. The standard InChI is InChI=1S/C22H20FN3/c23-22(19-10-6-12-24-16-19,20-11-7-13-25-17-20)21(26-14-4-5-15-26)18-8-2-1-3-9-18/h1-13,16-17,21H,14-15H2. The summed E-state index contributed by atoms with van der Waals surface area (Å²) in [6, 6.07) is 16.5. The summed E-state index contributed by atoms with van der Waals surface area (Å²) in [5, 5.41) is 0. The molecule has 1 atom stereocenters. The van der Waals surface area contributed by atoms with Gasteiger partial charge in [0.05, 0.1) is 6.04 Å². The van der Waals surface area contributed by atoms with Crippen molar-refractivity contribution in [1.82, 2.24) is 14.9 Å². The van der Waals surface area contributed by atoms with Crippen molar-refractivity contribution in [3.05, 3.63) is 108 Å². The maximum absolute atomic E-state index is 17.1. The van der Waals surface area contributed by atoms with E-state index in [9.17, 15) is 0 Å². The highest BCUT2D eigenvalue weighted by Crippen LogP contribution is 2.47. The molecule has 26 heavy (non-hydrogen) atoms. The first-order valence-corrected chi connectivity index (χ1v) is 8.74. The molecular formula is C22H20FN3. The molecule has 0 saturated heterocycles. The SMILES string of the molecule is FC(c1cccnc1)(c1cccnc1)C(c1ccccc1)N1CC=CC1. The van der Waals surface area contributed by atoms with Gasteiger partial charge < -0.3 is 0 Å². The zero-order valence-corrected chi connectivity index (χ0v) is 14.4. The van der Waals surface area contributed by atoms with E-state index in [1.807, 2.05) is 30.3 Å². The molecule has 3 nitrogen and oxygen atoms in total. The number of alkyl halides is 1. The summed E-state index contributed by atoms with van der Waals surface area (Å²) in [6.45, 7) is 1.43. The molecule has 0 spiro atoms. The molecule has 1 unspecified atom stereocenters. The maximum Gasteiger partial charge on any atom is 0.183 e. The molecule has 4 rings (SSSR count). The summed E-state index contributed by atoms with van der Waals surface area (Å²) in [6.07, 6.45) is 10.7. The molecule has 4 heteroatoms. The van der Waals surface area contributed by atoms with Crippen LogP contribution >= 0.6 is 0 Å². The number of aromatic nitrogens is 2. The average molecular weight is 345 g/mol. The third kappa shape index (κ3) is 2.93. The fraction of sp³-hybridized carbons (Fsp3) is 0.182. The van der Waals surface area contributed by atoms with Gasteiger partial charge in [-0.2, -0.15) is 0 Å². The molecule has 0 bridgehead atoms. The van der Waals surface area contributed by atoms with Crippen LogP contribution in [0.3, 0.4) is 0 Å². The topological polar surface area (TPSA) is 29.0 Å². The molecule has 3 aromatic rings. The Balaban J connectivity index is 1.93. The second-order valence-corrected chi connectivity index (χ2v) is 6.43. The zero-order valence-electron chi connectivity index (χ0n) is 14.4. The van der Waals surface area contributed by atoms with Crippen LogP contribution in [0.2, 0.25) is 0 Å². The minimum atomic E-state index is -1.77. The second-order valence-electron chi connectivity index (χ2n) is 6.43. The highest BCUT2D eigenvalue weighted by Gasteiger charge is 2.47. The number of pyridine rings is 2. The minimum Gasteiger partial charge on any atom is -0.285 e. The molecule has 0 saturated carbocycles. The van der Waals surface area contributed by atoms with E-state index in [1.165, 1.54) is 0 Å². The molecule has 1 aliphatic heterocycles. The Labute approximate surface area is 152 Å². The lowest BCUT2D eigenvalue weighted by Crippen LogP contribution is -2.41. The van der Waals surface area contributed by atoms with Gasteiger partial charge in [0.15, 0.2) is 5.67 Å². The Morgan fingerprint density at radius 2 is 1.38 bits per heavy atom. The smallest absolute Gasteiger partial charge is 0.183 e. The van der Waals surface area contributed by atoms with Crippen molar-refractivity contribution in [2.45, 2.75) is 11.7 Å². The number of hydrogen-bond acceptors (Lipinski definition) is 3. The molecule has 1 aromatic carbocycles. The number of nitrogens with zero attached hydrogens (tertiary/aromatic N) is 3. The Morgan fingerprint density at radius 1 is 0.808 bits per heavy atom. The van der Waals surface area contributed by atoms with Gasteiger partial charge in [0.25, 0.3) is 0 Å². The maximum atomic E-state index is 17.1. The summed E-state index contributed by atoms with van der Waals surface area (Å²) >= 11 is 0. The summed E-state index contributed by atoms with van der Waals surface area (Å²) < 4.78 is 17.1. The number of benzene rings is 1. The second kappa shape index (κ2) is 7.18. The number of hydrogen-bond donors (Lipinski definition) is 0. The van der Waals surface area contributed by atoms with Gasteiger partial charge in [0.2, 0.25) is 0 Å². The van der Waals surface area contributed by atoms with E-state index >= 15 is 4.39 Å². The molecule has 1 aliphatic rings. The Morgan fingerprint density at radius 3 is 1.88 bits per heavy atom. The van der Waals surface area contributed by atoms with Crippen molar-refractivity contribution < 1.29 is 4.39 Å². The van der Waals surface area contributed by atoms with E-state index < -0.39 is 11.7 Å². The van der Waals surface area contributed by atoms with E-state index in [4.69, 9.17) is 0 Å². The predicted molar refractivity (Wildman–Crippen MR) is 100 cm³/mol. The first-order chi connectivity index (χ1) is 12.8. The normalized spacial score (nSPS) is 15.9. The molecule has 3 heterocycles. The quantitative estimate of drug-likeness (QED) is 0.646. The van der Waals surface area contributed by atoms with E-state index in [0.717, 1.165) is 5.56 Å². The predicted octanol–water partition coefficient (Wildman–Crippen LogP) is 4.30. The van der Waals surface area contributed by atoms with Crippen molar-refractivity contribution in [3.63, 3.8) is 0 Å². The van der Waals surface area contributed by atoms with Gasteiger partial charge in [-0.1, -0.05) is 54.6 Å². The van der Waals surface area contributed by atoms with Crippen LogP contribution in [0.25, 0.3) is 0 Å². The van der Waals surface area contributed by atoms with Crippen molar-refractivity contribution in [2.24, 2.45) is 0 Å². The van der Waals surface area contributed by atoms with Crippen LogP contribution < -0.4 is 0 Å². The summed E-state index contributed by atoms with van der Waals surface area (Å²) in [5.74, 6) is 0.